The minimum Gasteiger partial charge on any atom is -0.355 e. The van der Waals surface area contributed by atoms with E-state index in [1.807, 2.05) is 18.2 Å². The van der Waals surface area contributed by atoms with E-state index >= 15 is 0 Å². The van der Waals surface area contributed by atoms with Crippen molar-refractivity contribution in [1.29, 1.82) is 0 Å². The normalized spacial score (nSPS) is 20.1. The summed E-state index contributed by atoms with van der Waals surface area (Å²) in [5.41, 5.74) is 3.70. The maximum absolute atomic E-state index is 12.5. The molecule has 0 saturated heterocycles. The smallest absolute Gasteiger partial charge is 0.223 e. The number of carbonyl (C=O) groups excluding carboxylic acids is 1. The summed E-state index contributed by atoms with van der Waals surface area (Å²) in [4.78, 5) is 16.5. The van der Waals surface area contributed by atoms with Gasteiger partial charge in [0.2, 0.25) is 5.91 Å². The van der Waals surface area contributed by atoms with Gasteiger partial charge in [0, 0.05) is 30.3 Å². The third kappa shape index (κ3) is 3.44. The maximum atomic E-state index is 12.5. The summed E-state index contributed by atoms with van der Waals surface area (Å²) in [6.45, 7) is 7.06. The summed E-state index contributed by atoms with van der Waals surface area (Å²) in [6.07, 6.45) is 4.56. The van der Waals surface area contributed by atoms with E-state index in [2.05, 4.69) is 49.3 Å². The van der Waals surface area contributed by atoms with Gasteiger partial charge in [-0.25, -0.2) is 0 Å². The molecular weight excluding hydrogens is 284 g/mol. The van der Waals surface area contributed by atoms with Crippen molar-refractivity contribution >= 4 is 5.91 Å². The van der Waals surface area contributed by atoms with E-state index in [1.54, 1.807) is 12.4 Å². The van der Waals surface area contributed by atoms with Crippen LogP contribution in [-0.4, -0.2) is 17.4 Å². The van der Waals surface area contributed by atoms with Gasteiger partial charge in [0.25, 0.3) is 0 Å². The highest BCUT2D eigenvalue weighted by molar-refractivity contribution is 5.83. The third-order valence-electron chi connectivity index (χ3n) is 4.88. The van der Waals surface area contributed by atoms with Crippen LogP contribution in [0, 0.1) is 12.8 Å². The SMILES string of the molecule is Cc1ccccc1[C@@H]1C[C@@H]1C(=O)NCC(C)(C)c1ccncc1. The van der Waals surface area contributed by atoms with E-state index in [0.717, 1.165) is 6.42 Å². The van der Waals surface area contributed by atoms with Gasteiger partial charge >= 0.3 is 0 Å². The summed E-state index contributed by atoms with van der Waals surface area (Å²) >= 11 is 0. The molecule has 3 rings (SSSR count). The Labute approximate surface area is 138 Å². The van der Waals surface area contributed by atoms with E-state index < -0.39 is 0 Å². The zero-order valence-electron chi connectivity index (χ0n) is 14.0. The Morgan fingerprint density at radius 2 is 1.91 bits per heavy atom. The molecule has 1 aromatic heterocycles. The molecule has 1 amide bonds. The molecule has 2 aromatic rings. The summed E-state index contributed by atoms with van der Waals surface area (Å²) in [7, 11) is 0. The number of aryl methyl sites for hydroxylation is 1. The molecule has 2 atom stereocenters. The summed E-state index contributed by atoms with van der Waals surface area (Å²) < 4.78 is 0. The lowest BCUT2D eigenvalue weighted by Crippen LogP contribution is -2.37. The zero-order chi connectivity index (χ0) is 16.4. The predicted molar refractivity (Wildman–Crippen MR) is 92.3 cm³/mol. The van der Waals surface area contributed by atoms with E-state index in [-0.39, 0.29) is 17.2 Å². The second-order valence-corrected chi connectivity index (χ2v) is 7.14. The second kappa shape index (κ2) is 6.15. The van der Waals surface area contributed by atoms with Gasteiger partial charge in [-0.3, -0.25) is 9.78 Å². The molecule has 0 radical (unpaired) electrons. The number of pyridine rings is 1. The van der Waals surface area contributed by atoms with E-state index in [1.165, 1.54) is 16.7 Å². The molecule has 1 aromatic carbocycles. The van der Waals surface area contributed by atoms with Gasteiger partial charge in [0.1, 0.15) is 0 Å². The fourth-order valence-electron chi connectivity index (χ4n) is 3.18. The van der Waals surface area contributed by atoms with Crippen LogP contribution in [0.3, 0.4) is 0 Å². The van der Waals surface area contributed by atoms with E-state index in [9.17, 15) is 4.79 Å². The summed E-state index contributed by atoms with van der Waals surface area (Å²) in [6, 6.07) is 12.4. The first-order valence-electron chi connectivity index (χ1n) is 8.23. The van der Waals surface area contributed by atoms with Gasteiger partial charge < -0.3 is 5.32 Å². The quantitative estimate of drug-likeness (QED) is 0.917. The van der Waals surface area contributed by atoms with Crippen LogP contribution in [0.5, 0.6) is 0 Å². The van der Waals surface area contributed by atoms with Gasteiger partial charge in [0.15, 0.2) is 0 Å². The molecule has 1 aliphatic carbocycles. The molecule has 23 heavy (non-hydrogen) atoms. The fourth-order valence-corrected chi connectivity index (χ4v) is 3.18. The van der Waals surface area contributed by atoms with Crippen LogP contribution < -0.4 is 5.32 Å². The Morgan fingerprint density at radius 1 is 1.22 bits per heavy atom. The second-order valence-electron chi connectivity index (χ2n) is 7.14. The first-order valence-corrected chi connectivity index (χ1v) is 8.23. The Hall–Kier alpha value is -2.16. The summed E-state index contributed by atoms with van der Waals surface area (Å²) in [5.74, 6) is 0.699. The van der Waals surface area contributed by atoms with Crippen LogP contribution in [0.2, 0.25) is 0 Å². The van der Waals surface area contributed by atoms with Crippen molar-refractivity contribution < 1.29 is 4.79 Å². The van der Waals surface area contributed by atoms with Crippen LogP contribution >= 0.6 is 0 Å². The molecule has 3 nitrogen and oxygen atoms in total. The standard InChI is InChI=1S/C20H24N2O/c1-14-6-4-5-7-16(14)17-12-18(17)19(23)22-13-20(2,3)15-8-10-21-11-9-15/h4-11,17-18H,12-13H2,1-3H3,(H,22,23)/t17-,18-/m0/s1. The number of carbonyl (C=O) groups is 1. The van der Waals surface area contributed by atoms with Crippen molar-refractivity contribution in [3.63, 3.8) is 0 Å². The van der Waals surface area contributed by atoms with Crippen molar-refractivity contribution in [3.05, 3.63) is 65.5 Å². The highest BCUT2D eigenvalue weighted by Gasteiger charge is 2.44. The number of hydrogen-bond acceptors (Lipinski definition) is 2. The molecule has 3 heteroatoms. The number of hydrogen-bond donors (Lipinski definition) is 1. The van der Waals surface area contributed by atoms with Crippen molar-refractivity contribution in [2.75, 3.05) is 6.54 Å². The lowest BCUT2D eigenvalue weighted by atomic mass is 9.85. The number of rotatable bonds is 5. The van der Waals surface area contributed by atoms with Crippen molar-refractivity contribution in [2.24, 2.45) is 5.92 Å². The van der Waals surface area contributed by atoms with Crippen LogP contribution in [0.1, 0.15) is 42.9 Å². The molecule has 1 saturated carbocycles. The molecule has 120 valence electrons. The average molecular weight is 308 g/mol. The minimum absolute atomic E-state index is 0.0916. The highest BCUT2D eigenvalue weighted by atomic mass is 16.2. The highest BCUT2D eigenvalue weighted by Crippen LogP contribution is 2.48. The molecule has 0 bridgehead atoms. The molecule has 0 unspecified atom stereocenters. The minimum atomic E-state index is -0.0916. The molecule has 0 spiro atoms. The molecule has 1 fully saturated rings. The predicted octanol–water partition coefficient (Wildman–Crippen LogP) is 3.59. The molecule has 1 aliphatic rings. The zero-order valence-corrected chi connectivity index (χ0v) is 14.0. The number of amides is 1. The van der Waals surface area contributed by atoms with Gasteiger partial charge in [-0.05, 0) is 48.1 Å². The van der Waals surface area contributed by atoms with E-state index in [4.69, 9.17) is 0 Å². The van der Waals surface area contributed by atoms with Crippen molar-refractivity contribution in [1.82, 2.24) is 10.3 Å². The van der Waals surface area contributed by atoms with Gasteiger partial charge in [0.05, 0.1) is 0 Å². The largest absolute Gasteiger partial charge is 0.355 e. The molecule has 0 aliphatic heterocycles. The fraction of sp³-hybridized carbons (Fsp3) is 0.400. The Balaban J connectivity index is 1.58. The topological polar surface area (TPSA) is 42.0 Å². The maximum Gasteiger partial charge on any atom is 0.223 e. The molecular formula is C20H24N2O. The number of aromatic nitrogens is 1. The Kier molecular flexibility index (Phi) is 4.20. The van der Waals surface area contributed by atoms with Crippen molar-refractivity contribution in [3.8, 4) is 0 Å². The number of nitrogens with one attached hydrogen (secondary N) is 1. The van der Waals surface area contributed by atoms with Crippen LogP contribution in [0.25, 0.3) is 0 Å². The first kappa shape index (κ1) is 15.7. The molecule has 1 heterocycles. The van der Waals surface area contributed by atoms with Crippen LogP contribution in [0.15, 0.2) is 48.8 Å². The van der Waals surface area contributed by atoms with Gasteiger partial charge in [-0.2, -0.15) is 0 Å². The Morgan fingerprint density at radius 3 is 2.61 bits per heavy atom. The van der Waals surface area contributed by atoms with Crippen LogP contribution in [-0.2, 0) is 10.2 Å². The van der Waals surface area contributed by atoms with Crippen molar-refractivity contribution in [2.45, 2.75) is 38.5 Å². The number of nitrogens with zero attached hydrogens (tertiary/aromatic N) is 1. The van der Waals surface area contributed by atoms with E-state index in [0.29, 0.717) is 12.5 Å². The molecule has 1 N–H and O–H groups in total. The third-order valence-corrected chi connectivity index (χ3v) is 4.88. The first-order chi connectivity index (χ1) is 11.0. The summed E-state index contributed by atoms with van der Waals surface area (Å²) in [5, 5.41) is 3.14. The van der Waals surface area contributed by atoms with Crippen LogP contribution in [0.4, 0.5) is 0 Å². The Bertz CT molecular complexity index is 694. The average Bonchev–Trinajstić information content (AvgIpc) is 3.34. The lowest BCUT2D eigenvalue weighted by molar-refractivity contribution is -0.122. The van der Waals surface area contributed by atoms with Gasteiger partial charge in [-0.15, -0.1) is 0 Å². The monoisotopic (exact) mass is 308 g/mol. The van der Waals surface area contributed by atoms with Gasteiger partial charge in [-0.1, -0.05) is 38.1 Å². The lowest BCUT2D eigenvalue weighted by Gasteiger charge is -2.25. The number of benzene rings is 1.